The minimum Gasteiger partial charge on any atom is -0.368 e. The lowest BCUT2D eigenvalue weighted by atomic mass is 9.49. The molecular formula is C25H24FN7O. The van der Waals surface area contributed by atoms with Crippen LogP contribution in [-0.4, -0.2) is 52.7 Å². The van der Waals surface area contributed by atoms with Crippen LogP contribution < -0.4 is 15.8 Å². The van der Waals surface area contributed by atoms with Gasteiger partial charge in [-0.2, -0.15) is 10.2 Å². The Morgan fingerprint density at radius 2 is 1.94 bits per heavy atom. The van der Waals surface area contributed by atoms with Crippen molar-refractivity contribution in [1.29, 1.82) is 5.26 Å². The van der Waals surface area contributed by atoms with Crippen LogP contribution in [0.15, 0.2) is 35.3 Å². The number of likely N-dealkylation sites (tertiary alicyclic amines) is 1. The van der Waals surface area contributed by atoms with Gasteiger partial charge in [0.15, 0.2) is 0 Å². The molecule has 2 aliphatic heterocycles. The molecule has 5 fully saturated rings. The fraction of sp³-hybridized carbons (Fsp3) is 0.440. The second-order valence-electron chi connectivity index (χ2n) is 10.8. The first-order valence-electron chi connectivity index (χ1n) is 11.7. The average molecular weight is 458 g/mol. The van der Waals surface area contributed by atoms with E-state index in [1.165, 1.54) is 6.07 Å². The van der Waals surface area contributed by atoms with Crippen LogP contribution in [0.5, 0.6) is 0 Å². The smallest absolute Gasteiger partial charge is 0.270 e. The summed E-state index contributed by atoms with van der Waals surface area (Å²) in [6.45, 7) is 3.93. The van der Waals surface area contributed by atoms with Gasteiger partial charge in [0.2, 0.25) is 5.95 Å². The lowest BCUT2D eigenvalue weighted by Gasteiger charge is -2.62. The van der Waals surface area contributed by atoms with Gasteiger partial charge in [0.05, 0.1) is 11.2 Å². The first-order chi connectivity index (χ1) is 16.4. The predicted octanol–water partition coefficient (Wildman–Crippen LogP) is 2.81. The highest BCUT2D eigenvalue weighted by atomic mass is 19.1. The highest BCUT2D eigenvalue weighted by Crippen LogP contribution is 2.62. The van der Waals surface area contributed by atoms with Crippen molar-refractivity contribution in [2.24, 2.45) is 11.3 Å². The lowest BCUT2D eigenvalue weighted by Crippen LogP contribution is -2.71. The number of nitrogens with one attached hydrogen (secondary N) is 1. The standard InChI is InChI=1S/C25H24FN7O/c1-31-11-24(12-31)13-32(14-24)20-3-2-18(5-19(20)26)29-23-28-10-17-4-16(9-27)22(34)33(21(17)30-23)25-6-15(7-25)8-25/h2-5,10,15H,6-8,11-14H2,1H3,(H,28,29,30). The molecule has 2 aromatic heterocycles. The highest BCUT2D eigenvalue weighted by Gasteiger charge is 2.59. The van der Waals surface area contributed by atoms with Crippen LogP contribution in [0.3, 0.4) is 0 Å². The van der Waals surface area contributed by atoms with Crippen LogP contribution in [0.25, 0.3) is 11.0 Å². The monoisotopic (exact) mass is 457 g/mol. The molecule has 3 saturated carbocycles. The first kappa shape index (κ1) is 19.9. The molecule has 2 saturated heterocycles. The SMILES string of the molecule is CN1CC2(C1)CN(c1ccc(Nc3ncc4cc(C#N)c(=O)n(C56CC(C5)C6)c4n3)cc1F)C2. The topological polar surface area (TPSA) is 90.1 Å². The maximum atomic E-state index is 14.9. The molecule has 2 bridgehead atoms. The van der Waals surface area contributed by atoms with Gasteiger partial charge in [0.25, 0.3) is 5.56 Å². The lowest BCUT2D eigenvalue weighted by molar-refractivity contribution is -0.0884. The maximum absolute atomic E-state index is 14.9. The largest absolute Gasteiger partial charge is 0.368 e. The van der Waals surface area contributed by atoms with Gasteiger partial charge in [-0.15, -0.1) is 0 Å². The number of hydrogen-bond acceptors (Lipinski definition) is 7. The second-order valence-corrected chi connectivity index (χ2v) is 10.8. The normalized spacial score (nSPS) is 26.3. The summed E-state index contributed by atoms with van der Waals surface area (Å²) >= 11 is 0. The Balaban J connectivity index is 1.18. The highest BCUT2D eigenvalue weighted by molar-refractivity contribution is 5.78. The Hall–Kier alpha value is -3.51. The molecule has 1 aromatic carbocycles. The molecule has 3 aliphatic carbocycles. The first-order valence-corrected chi connectivity index (χ1v) is 11.7. The summed E-state index contributed by atoms with van der Waals surface area (Å²) in [6.07, 6.45) is 4.46. The molecule has 0 radical (unpaired) electrons. The van der Waals surface area contributed by atoms with Gasteiger partial charge in [0, 0.05) is 48.9 Å². The third-order valence-corrected chi connectivity index (χ3v) is 8.15. The molecule has 1 spiro atoms. The van der Waals surface area contributed by atoms with Gasteiger partial charge in [-0.3, -0.25) is 9.36 Å². The molecule has 0 amide bonds. The molecule has 9 heteroatoms. The van der Waals surface area contributed by atoms with Crippen molar-refractivity contribution >= 4 is 28.4 Å². The number of nitrogens with zero attached hydrogens (tertiary/aromatic N) is 6. The summed E-state index contributed by atoms with van der Waals surface area (Å²) in [7, 11) is 2.11. The van der Waals surface area contributed by atoms with E-state index in [0.717, 1.165) is 45.4 Å². The van der Waals surface area contributed by atoms with Crippen molar-refractivity contribution in [3.8, 4) is 6.07 Å². The Kier molecular flexibility index (Phi) is 3.83. The van der Waals surface area contributed by atoms with Crippen molar-refractivity contribution in [3.05, 3.63) is 52.2 Å². The summed E-state index contributed by atoms with van der Waals surface area (Å²) in [5, 5.41) is 13.2. The summed E-state index contributed by atoms with van der Waals surface area (Å²) in [5.74, 6) is 0.683. The number of hydrogen-bond donors (Lipinski definition) is 1. The van der Waals surface area contributed by atoms with Gasteiger partial charge >= 0.3 is 0 Å². The van der Waals surface area contributed by atoms with E-state index >= 15 is 0 Å². The second kappa shape index (κ2) is 6.54. The van der Waals surface area contributed by atoms with Crippen LogP contribution in [0.4, 0.5) is 21.7 Å². The number of halogens is 1. The average Bonchev–Trinajstić information content (AvgIpc) is 2.70. The maximum Gasteiger partial charge on any atom is 0.270 e. The van der Waals surface area contributed by atoms with Crippen LogP contribution in [0, 0.1) is 28.5 Å². The fourth-order valence-electron chi connectivity index (χ4n) is 6.59. The van der Waals surface area contributed by atoms with Crippen molar-refractivity contribution in [1.82, 2.24) is 19.4 Å². The molecule has 0 atom stereocenters. The van der Waals surface area contributed by atoms with E-state index in [0.29, 0.717) is 39.7 Å². The Morgan fingerprint density at radius 1 is 1.18 bits per heavy atom. The van der Waals surface area contributed by atoms with Crippen LogP contribution in [0.1, 0.15) is 24.8 Å². The van der Waals surface area contributed by atoms with Crippen LogP contribution in [-0.2, 0) is 5.54 Å². The molecule has 172 valence electrons. The minimum atomic E-state index is -0.293. The summed E-state index contributed by atoms with van der Waals surface area (Å²) < 4.78 is 16.6. The third kappa shape index (κ3) is 2.69. The quantitative estimate of drug-likeness (QED) is 0.644. The molecule has 8 nitrogen and oxygen atoms in total. The van der Waals surface area contributed by atoms with E-state index in [9.17, 15) is 14.4 Å². The molecule has 8 rings (SSSR count). The molecule has 5 aliphatic rings. The predicted molar refractivity (Wildman–Crippen MR) is 126 cm³/mol. The van der Waals surface area contributed by atoms with E-state index < -0.39 is 0 Å². The van der Waals surface area contributed by atoms with E-state index in [1.54, 1.807) is 22.9 Å². The number of nitriles is 1. The van der Waals surface area contributed by atoms with Gasteiger partial charge in [-0.25, -0.2) is 9.37 Å². The third-order valence-electron chi connectivity index (χ3n) is 8.15. The Labute approximate surface area is 195 Å². The van der Waals surface area contributed by atoms with Gasteiger partial charge < -0.3 is 15.1 Å². The Bertz CT molecular complexity index is 1440. The zero-order valence-corrected chi connectivity index (χ0v) is 18.9. The summed E-state index contributed by atoms with van der Waals surface area (Å²) in [6, 6.07) is 8.66. The summed E-state index contributed by atoms with van der Waals surface area (Å²) in [4.78, 5) is 26.4. The zero-order chi connectivity index (χ0) is 23.2. The van der Waals surface area contributed by atoms with Crippen LogP contribution >= 0.6 is 0 Å². The number of aromatic nitrogens is 3. The van der Waals surface area contributed by atoms with E-state index in [-0.39, 0.29) is 22.5 Å². The van der Waals surface area contributed by atoms with Crippen molar-refractivity contribution in [3.63, 3.8) is 0 Å². The van der Waals surface area contributed by atoms with Gasteiger partial charge in [-0.1, -0.05) is 0 Å². The zero-order valence-electron chi connectivity index (χ0n) is 18.9. The Morgan fingerprint density at radius 3 is 2.56 bits per heavy atom. The van der Waals surface area contributed by atoms with E-state index in [4.69, 9.17) is 0 Å². The molecule has 4 heterocycles. The van der Waals surface area contributed by atoms with Crippen molar-refractivity contribution in [2.75, 3.05) is 43.4 Å². The molecule has 1 N–H and O–H groups in total. The van der Waals surface area contributed by atoms with E-state index in [1.807, 2.05) is 12.1 Å². The number of benzene rings is 1. The molecule has 3 aromatic rings. The molecule has 0 unspecified atom stereocenters. The molecular weight excluding hydrogens is 433 g/mol. The number of fused-ring (bicyclic) bond motifs is 1. The van der Waals surface area contributed by atoms with Crippen molar-refractivity contribution in [2.45, 2.75) is 24.8 Å². The number of pyridine rings is 1. The molecule has 34 heavy (non-hydrogen) atoms. The van der Waals surface area contributed by atoms with Gasteiger partial charge in [0.1, 0.15) is 23.1 Å². The number of anilines is 3. The van der Waals surface area contributed by atoms with E-state index in [2.05, 4.69) is 32.1 Å². The minimum absolute atomic E-state index is 0.112. The number of rotatable bonds is 4. The fourth-order valence-corrected chi connectivity index (χ4v) is 6.59. The van der Waals surface area contributed by atoms with Crippen LogP contribution in [0.2, 0.25) is 0 Å². The summed E-state index contributed by atoms with van der Waals surface area (Å²) in [5.41, 5.74) is 1.61. The van der Waals surface area contributed by atoms with Gasteiger partial charge in [-0.05, 0) is 56.5 Å². The van der Waals surface area contributed by atoms with Crippen molar-refractivity contribution < 1.29 is 4.39 Å².